The Morgan fingerprint density at radius 1 is 0.906 bits per heavy atom. The van der Waals surface area contributed by atoms with E-state index >= 15 is 0 Å². The van der Waals surface area contributed by atoms with Crippen molar-refractivity contribution in [1.82, 2.24) is 15.5 Å². The second-order valence-electron chi connectivity index (χ2n) is 14.4. The summed E-state index contributed by atoms with van der Waals surface area (Å²) in [6, 6.07) is 15.8. The van der Waals surface area contributed by atoms with Crippen LogP contribution in [0.4, 0.5) is 4.79 Å². The molecule has 1 unspecified atom stereocenters. The van der Waals surface area contributed by atoms with Gasteiger partial charge in [-0.2, -0.15) is 0 Å². The number of para-hydroxylation sites is 1. The Morgan fingerprint density at radius 2 is 1.58 bits per heavy atom. The molecule has 0 saturated heterocycles. The Kier molecular flexibility index (Phi) is 15.6. The standard InChI is InChI=1S/C40H58N3O9P/c1-3-50-53(48,51-4-2)39(46)34(23-24-37(44)43-25-26-49-36-18-12-11-17-32(36)28-43)41-38(45)35(27-29-13-7-5-8-14-29)42-40(47)52-33-21-19-31(20-22-33)30-15-9-6-10-16-30/h6,9-12,15-18,29,31,33-35,39,46H,3-5,7-8,13-14,19-28H2,1-2H3,(H,41,45)(H,42,47)/t31?,33?,34-,35-,39?/m0/s1. The number of benzene rings is 2. The molecule has 1 aliphatic heterocycles. The zero-order chi connectivity index (χ0) is 37.6. The minimum absolute atomic E-state index is 0.00604. The van der Waals surface area contributed by atoms with Gasteiger partial charge in [0.25, 0.3) is 0 Å². The lowest BCUT2D eigenvalue weighted by molar-refractivity contribution is -0.133. The summed E-state index contributed by atoms with van der Waals surface area (Å²) >= 11 is 0. The number of ether oxygens (including phenoxy) is 2. The van der Waals surface area contributed by atoms with Gasteiger partial charge >= 0.3 is 13.7 Å². The summed E-state index contributed by atoms with van der Waals surface area (Å²) in [4.78, 5) is 42.8. The van der Waals surface area contributed by atoms with Crippen LogP contribution in [0.25, 0.3) is 0 Å². The number of fused-ring (bicyclic) bond motifs is 1. The average Bonchev–Trinajstić information content (AvgIpc) is 3.40. The zero-order valence-electron chi connectivity index (χ0n) is 31.3. The molecule has 2 aromatic rings. The molecule has 0 radical (unpaired) electrons. The van der Waals surface area contributed by atoms with E-state index < -0.39 is 37.5 Å². The monoisotopic (exact) mass is 755 g/mol. The van der Waals surface area contributed by atoms with Gasteiger partial charge in [0.15, 0.2) is 5.85 Å². The Bertz CT molecular complexity index is 1500. The Morgan fingerprint density at radius 3 is 2.28 bits per heavy atom. The number of nitrogens with one attached hydrogen (secondary N) is 2. The van der Waals surface area contributed by atoms with Crippen LogP contribution in [0.3, 0.4) is 0 Å². The van der Waals surface area contributed by atoms with Crippen LogP contribution in [0.15, 0.2) is 54.6 Å². The molecule has 292 valence electrons. The third-order valence-corrected chi connectivity index (χ3v) is 13.0. The average molecular weight is 756 g/mol. The van der Waals surface area contributed by atoms with E-state index in [9.17, 15) is 24.1 Å². The molecule has 3 aliphatic rings. The third-order valence-electron chi connectivity index (χ3n) is 10.7. The van der Waals surface area contributed by atoms with E-state index in [0.717, 1.165) is 69.1 Å². The number of hydrogen-bond donors (Lipinski definition) is 3. The summed E-state index contributed by atoms with van der Waals surface area (Å²) in [6.45, 7) is 4.34. The van der Waals surface area contributed by atoms with Gasteiger partial charge in [-0.1, -0.05) is 80.6 Å². The second-order valence-corrected chi connectivity index (χ2v) is 16.6. The van der Waals surface area contributed by atoms with Crippen molar-refractivity contribution < 1.29 is 42.6 Å². The van der Waals surface area contributed by atoms with Gasteiger partial charge in [-0.3, -0.25) is 14.2 Å². The van der Waals surface area contributed by atoms with Gasteiger partial charge < -0.3 is 39.2 Å². The number of carbonyl (C=O) groups excluding carboxylic acids is 3. The molecule has 0 bridgehead atoms. The van der Waals surface area contributed by atoms with E-state index in [-0.39, 0.29) is 44.0 Å². The van der Waals surface area contributed by atoms with Crippen molar-refractivity contribution in [3.05, 3.63) is 65.7 Å². The van der Waals surface area contributed by atoms with E-state index in [0.29, 0.717) is 32.0 Å². The highest BCUT2D eigenvalue weighted by molar-refractivity contribution is 7.54. The third kappa shape index (κ3) is 11.8. The zero-order valence-corrected chi connectivity index (χ0v) is 32.2. The summed E-state index contributed by atoms with van der Waals surface area (Å²) in [5, 5.41) is 17.3. The first-order valence-corrected chi connectivity index (χ1v) is 21.2. The molecule has 2 aliphatic carbocycles. The minimum Gasteiger partial charge on any atom is -0.491 e. The summed E-state index contributed by atoms with van der Waals surface area (Å²) in [5.41, 5.74) is 2.18. The molecule has 1 heterocycles. The van der Waals surface area contributed by atoms with E-state index in [2.05, 4.69) is 22.8 Å². The van der Waals surface area contributed by atoms with E-state index in [1.807, 2.05) is 42.5 Å². The van der Waals surface area contributed by atoms with Crippen LogP contribution in [-0.2, 0) is 34.5 Å². The highest BCUT2D eigenvalue weighted by Gasteiger charge is 2.42. The lowest BCUT2D eigenvalue weighted by atomic mass is 9.83. The van der Waals surface area contributed by atoms with E-state index in [1.165, 1.54) is 5.56 Å². The van der Waals surface area contributed by atoms with Crippen LogP contribution in [0, 0.1) is 5.92 Å². The lowest BCUT2D eigenvalue weighted by Gasteiger charge is -2.32. The molecular formula is C40H58N3O9P. The van der Waals surface area contributed by atoms with Crippen molar-refractivity contribution in [3.63, 3.8) is 0 Å². The van der Waals surface area contributed by atoms with Crippen molar-refractivity contribution in [2.75, 3.05) is 26.4 Å². The molecular weight excluding hydrogens is 697 g/mol. The topological polar surface area (TPSA) is 153 Å². The van der Waals surface area contributed by atoms with Crippen LogP contribution in [0.5, 0.6) is 5.75 Å². The van der Waals surface area contributed by atoms with Gasteiger partial charge in [0.1, 0.15) is 24.5 Å². The molecule has 13 heteroatoms. The summed E-state index contributed by atoms with van der Waals surface area (Å²) in [6.07, 6.45) is 7.77. The fourth-order valence-corrected chi connectivity index (χ4v) is 9.64. The number of aliphatic hydroxyl groups is 1. The lowest BCUT2D eigenvalue weighted by Crippen LogP contribution is -2.53. The maximum absolute atomic E-state index is 14.2. The molecule has 3 N–H and O–H groups in total. The first kappa shape index (κ1) is 40.7. The molecule has 2 saturated carbocycles. The first-order valence-electron chi connectivity index (χ1n) is 19.6. The van der Waals surface area contributed by atoms with Crippen molar-refractivity contribution >= 4 is 25.5 Å². The summed E-state index contributed by atoms with van der Waals surface area (Å²) in [7, 11) is -4.13. The predicted octanol–water partition coefficient (Wildman–Crippen LogP) is 7.05. The van der Waals surface area contributed by atoms with Crippen molar-refractivity contribution in [3.8, 4) is 5.75 Å². The van der Waals surface area contributed by atoms with Gasteiger partial charge in [-0.15, -0.1) is 0 Å². The highest BCUT2D eigenvalue weighted by Crippen LogP contribution is 2.53. The summed E-state index contributed by atoms with van der Waals surface area (Å²) < 4.78 is 36.5. The first-order chi connectivity index (χ1) is 25.7. The van der Waals surface area contributed by atoms with Crippen molar-refractivity contribution in [2.24, 2.45) is 5.92 Å². The molecule has 53 heavy (non-hydrogen) atoms. The van der Waals surface area contributed by atoms with Crippen molar-refractivity contribution in [1.29, 1.82) is 0 Å². The molecule has 12 nitrogen and oxygen atoms in total. The SMILES string of the molecule is CCOP(=O)(OCC)C(O)[C@H](CCC(=O)N1CCOc2ccccc2C1)NC(=O)[C@H](CC1CCCCC1)NC(=O)OC1CCC(c2ccccc2)CC1. The largest absolute Gasteiger partial charge is 0.491 e. The quantitative estimate of drug-likeness (QED) is 0.153. The highest BCUT2D eigenvalue weighted by atomic mass is 31.2. The number of alkyl carbamates (subject to hydrolysis) is 1. The van der Waals surface area contributed by atoms with Gasteiger partial charge in [0.05, 0.1) is 25.8 Å². The Hall–Kier alpha value is -3.44. The fourth-order valence-electron chi connectivity index (χ4n) is 7.88. The molecule has 0 spiro atoms. The fraction of sp³-hybridized carbons (Fsp3) is 0.625. The van der Waals surface area contributed by atoms with Crippen LogP contribution in [0.1, 0.15) is 108 Å². The smallest absolute Gasteiger partial charge is 0.408 e. The van der Waals surface area contributed by atoms with Gasteiger partial charge in [-0.25, -0.2) is 4.79 Å². The van der Waals surface area contributed by atoms with E-state index in [4.69, 9.17) is 18.5 Å². The van der Waals surface area contributed by atoms with E-state index in [1.54, 1.807) is 18.7 Å². The normalized spacial score (nSPS) is 21.2. The maximum atomic E-state index is 14.2. The summed E-state index contributed by atoms with van der Waals surface area (Å²) in [5.74, 6) is -1.14. The Balaban J connectivity index is 1.27. The second kappa shape index (κ2) is 20.3. The molecule has 5 rings (SSSR count). The number of nitrogens with zero attached hydrogens (tertiary/aromatic N) is 1. The predicted molar refractivity (Wildman–Crippen MR) is 201 cm³/mol. The van der Waals surface area contributed by atoms with Crippen LogP contribution in [-0.4, -0.2) is 78.3 Å². The van der Waals surface area contributed by atoms with Crippen LogP contribution < -0.4 is 15.4 Å². The van der Waals surface area contributed by atoms with Crippen molar-refractivity contribution in [2.45, 2.75) is 127 Å². The van der Waals surface area contributed by atoms with Crippen LogP contribution >= 0.6 is 7.60 Å². The molecule has 3 atom stereocenters. The Labute approximate surface area is 314 Å². The van der Waals surface area contributed by atoms with Gasteiger partial charge in [0.2, 0.25) is 11.8 Å². The molecule has 2 fully saturated rings. The number of carbonyl (C=O) groups is 3. The number of hydrogen-bond acceptors (Lipinski definition) is 9. The molecule has 2 aromatic carbocycles. The number of rotatable bonds is 16. The molecule has 3 amide bonds. The minimum atomic E-state index is -4.13. The van der Waals surface area contributed by atoms with Gasteiger partial charge in [0, 0.05) is 18.5 Å². The number of aliphatic hydroxyl groups excluding tert-OH is 1. The van der Waals surface area contributed by atoms with Gasteiger partial charge in [-0.05, 0) is 75.8 Å². The number of amides is 3. The molecule has 0 aromatic heterocycles. The maximum Gasteiger partial charge on any atom is 0.408 e. The van der Waals surface area contributed by atoms with Crippen LogP contribution in [0.2, 0.25) is 0 Å².